The monoisotopic (exact) mass is 383 g/mol. The van der Waals surface area contributed by atoms with E-state index in [1.807, 2.05) is 56.0 Å². The van der Waals surface area contributed by atoms with Crippen molar-refractivity contribution in [3.63, 3.8) is 0 Å². The Morgan fingerprint density at radius 1 is 1.11 bits per heavy atom. The summed E-state index contributed by atoms with van der Waals surface area (Å²) in [6, 6.07) is 8.67. The molecule has 2 heterocycles. The van der Waals surface area contributed by atoms with Gasteiger partial charge >= 0.3 is 0 Å². The quantitative estimate of drug-likeness (QED) is 0.872. The predicted molar refractivity (Wildman–Crippen MR) is 107 cm³/mol. The van der Waals surface area contributed by atoms with E-state index in [9.17, 15) is 9.59 Å². The molecule has 0 saturated carbocycles. The van der Waals surface area contributed by atoms with E-state index in [-0.39, 0.29) is 17.2 Å². The van der Waals surface area contributed by atoms with Gasteiger partial charge in [0.2, 0.25) is 5.91 Å². The molecular weight excluding hydrogens is 354 g/mol. The minimum atomic E-state index is -0.728. The van der Waals surface area contributed by atoms with Crippen molar-refractivity contribution in [2.24, 2.45) is 0 Å². The summed E-state index contributed by atoms with van der Waals surface area (Å²) in [6.07, 6.45) is 3.14. The van der Waals surface area contributed by atoms with E-state index in [0.717, 1.165) is 37.9 Å². The number of carbonyl (C=O) groups excluding carboxylic acids is 2. The van der Waals surface area contributed by atoms with E-state index in [1.54, 1.807) is 6.92 Å². The first kappa shape index (κ1) is 20.1. The maximum absolute atomic E-state index is 13.2. The molecule has 1 atom stereocenters. The normalized spacial score (nSPS) is 15.9. The van der Waals surface area contributed by atoms with E-state index in [4.69, 9.17) is 4.52 Å². The molecule has 1 fully saturated rings. The van der Waals surface area contributed by atoms with Gasteiger partial charge in [0.15, 0.2) is 0 Å². The van der Waals surface area contributed by atoms with E-state index in [0.29, 0.717) is 17.0 Å². The second-order valence-electron chi connectivity index (χ2n) is 8.42. The van der Waals surface area contributed by atoms with Crippen LogP contribution in [0.4, 0.5) is 0 Å². The molecule has 1 aromatic carbocycles. The van der Waals surface area contributed by atoms with Crippen molar-refractivity contribution in [3.8, 4) is 0 Å². The lowest BCUT2D eigenvalue weighted by Crippen LogP contribution is -2.45. The fourth-order valence-electron chi connectivity index (χ4n) is 3.58. The molecule has 0 radical (unpaired) electrons. The number of nitrogens with one attached hydrogen (secondary N) is 1. The van der Waals surface area contributed by atoms with Gasteiger partial charge in [-0.05, 0) is 31.7 Å². The standard InChI is InChI=1S/C22H29N3O3/c1-15-17(19(24-28-15)22(2,3)4)20(26)23-18(16-11-7-5-8-12-16)21(27)25-13-9-6-10-14-25/h5,7-8,11-12,18H,6,9-10,13-14H2,1-4H3,(H,23,26). The number of benzene rings is 1. The van der Waals surface area contributed by atoms with E-state index in [1.165, 1.54) is 0 Å². The number of amides is 2. The highest BCUT2D eigenvalue weighted by atomic mass is 16.5. The Balaban J connectivity index is 1.91. The summed E-state index contributed by atoms with van der Waals surface area (Å²) in [5.41, 5.74) is 1.45. The van der Waals surface area contributed by atoms with Crippen molar-refractivity contribution >= 4 is 11.8 Å². The van der Waals surface area contributed by atoms with Gasteiger partial charge in [-0.25, -0.2) is 0 Å². The zero-order valence-electron chi connectivity index (χ0n) is 17.1. The average molecular weight is 383 g/mol. The molecule has 1 aliphatic rings. The molecular formula is C22H29N3O3. The van der Waals surface area contributed by atoms with Gasteiger partial charge in [-0.2, -0.15) is 0 Å². The third-order valence-corrected chi connectivity index (χ3v) is 5.12. The molecule has 1 saturated heterocycles. The first-order valence-electron chi connectivity index (χ1n) is 9.90. The molecule has 6 nitrogen and oxygen atoms in total. The van der Waals surface area contributed by atoms with Crippen LogP contribution in [0.25, 0.3) is 0 Å². The van der Waals surface area contributed by atoms with Crippen molar-refractivity contribution < 1.29 is 14.1 Å². The number of hydrogen-bond acceptors (Lipinski definition) is 4. The molecule has 1 aliphatic heterocycles. The van der Waals surface area contributed by atoms with Crippen LogP contribution >= 0.6 is 0 Å². The molecule has 6 heteroatoms. The summed E-state index contributed by atoms with van der Waals surface area (Å²) in [5, 5.41) is 7.05. The molecule has 2 aromatic rings. The summed E-state index contributed by atoms with van der Waals surface area (Å²) < 4.78 is 5.30. The lowest BCUT2D eigenvalue weighted by atomic mass is 9.88. The molecule has 0 aliphatic carbocycles. The van der Waals surface area contributed by atoms with Crippen LogP contribution in [0.5, 0.6) is 0 Å². The van der Waals surface area contributed by atoms with Crippen molar-refractivity contribution in [2.75, 3.05) is 13.1 Å². The molecule has 3 rings (SSSR count). The third kappa shape index (κ3) is 4.26. The summed E-state index contributed by atoms with van der Waals surface area (Å²) in [7, 11) is 0. The highest BCUT2D eigenvalue weighted by Gasteiger charge is 2.33. The molecule has 150 valence electrons. The van der Waals surface area contributed by atoms with Gasteiger partial charge in [0, 0.05) is 18.5 Å². The Hall–Kier alpha value is -2.63. The van der Waals surface area contributed by atoms with Crippen LogP contribution < -0.4 is 5.32 Å². The summed E-state index contributed by atoms with van der Waals surface area (Å²) in [5.74, 6) is 0.0632. The Bertz CT molecular complexity index is 830. The molecule has 1 aromatic heterocycles. The molecule has 2 amide bonds. The smallest absolute Gasteiger partial charge is 0.257 e. The van der Waals surface area contributed by atoms with Crippen molar-refractivity contribution in [3.05, 3.63) is 52.9 Å². The van der Waals surface area contributed by atoms with Crippen molar-refractivity contribution in [1.29, 1.82) is 0 Å². The largest absolute Gasteiger partial charge is 0.361 e. The van der Waals surface area contributed by atoms with Gasteiger partial charge < -0.3 is 14.7 Å². The van der Waals surface area contributed by atoms with Gasteiger partial charge in [-0.15, -0.1) is 0 Å². The highest BCUT2D eigenvalue weighted by molar-refractivity contribution is 5.99. The van der Waals surface area contributed by atoms with E-state index in [2.05, 4.69) is 10.5 Å². The van der Waals surface area contributed by atoms with Crippen LogP contribution in [0.1, 0.15) is 73.5 Å². The fourth-order valence-corrected chi connectivity index (χ4v) is 3.58. The zero-order chi connectivity index (χ0) is 20.3. The number of piperidine rings is 1. The number of aryl methyl sites for hydroxylation is 1. The number of aromatic nitrogens is 1. The topological polar surface area (TPSA) is 75.4 Å². The SMILES string of the molecule is Cc1onc(C(C)(C)C)c1C(=O)NC(C(=O)N1CCCCC1)c1ccccc1. The summed E-state index contributed by atoms with van der Waals surface area (Å²) in [4.78, 5) is 28.3. The Morgan fingerprint density at radius 3 is 2.36 bits per heavy atom. The van der Waals surface area contributed by atoms with Gasteiger partial charge in [-0.3, -0.25) is 9.59 Å². The summed E-state index contributed by atoms with van der Waals surface area (Å²) >= 11 is 0. The molecule has 1 N–H and O–H groups in total. The number of rotatable bonds is 4. The van der Waals surface area contributed by atoms with Crippen LogP contribution in [0, 0.1) is 6.92 Å². The first-order valence-corrected chi connectivity index (χ1v) is 9.90. The van der Waals surface area contributed by atoms with Gasteiger partial charge in [0.05, 0.1) is 0 Å². The van der Waals surface area contributed by atoms with Crippen molar-refractivity contribution in [1.82, 2.24) is 15.4 Å². The second kappa shape index (κ2) is 8.17. The van der Waals surface area contributed by atoms with Crippen LogP contribution in [0.3, 0.4) is 0 Å². The Labute approximate surface area is 166 Å². The number of hydrogen-bond donors (Lipinski definition) is 1. The van der Waals surface area contributed by atoms with Crippen LogP contribution in [0.2, 0.25) is 0 Å². The van der Waals surface area contributed by atoms with Crippen LogP contribution in [-0.4, -0.2) is 35.0 Å². The molecule has 1 unspecified atom stereocenters. The van der Waals surface area contributed by atoms with E-state index < -0.39 is 6.04 Å². The Kier molecular flexibility index (Phi) is 5.87. The lowest BCUT2D eigenvalue weighted by Gasteiger charge is -2.31. The lowest BCUT2D eigenvalue weighted by molar-refractivity contribution is -0.134. The number of likely N-dealkylation sites (tertiary alicyclic amines) is 1. The predicted octanol–water partition coefficient (Wildman–Crippen LogP) is 3.76. The second-order valence-corrected chi connectivity index (χ2v) is 8.42. The molecule has 28 heavy (non-hydrogen) atoms. The zero-order valence-corrected chi connectivity index (χ0v) is 17.1. The minimum absolute atomic E-state index is 0.0642. The third-order valence-electron chi connectivity index (χ3n) is 5.12. The average Bonchev–Trinajstić information content (AvgIpc) is 3.09. The van der Waals surface area contributed by atoms with E-state index >= 15 is 0 Å². The molecule has 0 bridgehead atoms. The van der Waals surface area contributed by atoms with Gasteiger partial charge in [-0.1, -0.05) is 56.3 Å². The maximum atomic E-state index is 13.2. The van der Waals surface area contributed by atoms with Crippen molar-refractivity contribution in [2.45, 2.75) is 58.4 Å². The highest BCUT2D eigenvalue weighted by Crippen LogP contribution is 2.28. The number of nitrogens with zero attached hydrogens (tertiary/aromatic N) is 2. The molecule has 0 spiro atoms. The van der Waals surface area contributed by atoms with Gasteiger partial charge in [0.1, 0.15) is 23.1 Å². The maximum Gasteiger partial charge on any atom is 0.257 e. The summed E-state index contributed by atoms with van der Waals surface area (Å²) in [6.45, 7) is 9.13. The Morgan fingerprint density at radius 2 is 1.75 bits per heavy atom. The fraction of sp³-hybridized carbons (Fsp3) is 0.500. The first-order chi connectivity index (χ1) is 13.3. The van der Waals surface area contributed by atoms with Gasteiger partial charge in [0.25, 0.3) is 5.91 Å². The van der Waals surface area contributed by atoms with Crippen LogP contribution in [0.15, 0.2) is 34.9 Å². The number of carbonyl (C=O) groups is 2. The minimum Gasteiger partial charge on any atom is -0.361 e. The van der Waals surface area contributed by atoms with Crippen LogP contribution in [-0.2, 0) is 10.2 Å².